The number of nitrogens with one attached hydrogen (secondary N) is 1. The third-order valence-electron chi connectivity index (χ3n) is 6.74. The molecule has 0 saturated heterocycles. The maximum Gasteiger partial charge on any atom is 0.259 e. The summed E-state index contributed by atoms with van der Waals surface area (Å²) in [5, 5.41) is 7.49. The molecule has 4 heterocycles. The molecule has 4 aromatic heterocycles. The van der Waals surface area contributed by atoms with E-state index >= 15 is 0 Å². The number of nitrogens with zero attached hydrogens (tertiary/aromatic N) is 5. The summed E-state index contributed by atoms with van der Waals surface area (Å²) >= 11 is 0. The van der Waals surface area contributed by atoms with Gasteiger partial charge in [0.05, 0.1) is 35.6 Å². The number of furan rings is 1. The molecular weight excluding hydrogens is 504 g/mol. The van der Waals surface area contributed by atoms with E-state index in [2.05, 4.69) is 32.5 Å². The highest BCUT2D eigenvalue weighted by Gasteiger charge is 2.25. The summed E-state index contributed by atoms with van der Waals surface area (Å²) in [5.74, 6) is 1.46. The average molecular weight is 527 g/mol. The van der Waals surface area contributed by atoms with Crippen molar-refractivity contribution in [3.8, 4) is 40.2 Å². The van der Waals surface area contributed by atoms with Gasteiger partial charge >= 0.3 is 0 Å². The molecule has 0 spiro atoms. The Morgan fingerprint density at radius 3 is 2.65 bits per heavy atom. The Hall–Kier alpha value is -5.57. The van der Waals surface area contributed by atoms with E-state index in [-0.39, 0.29) is 5.91 Å². The van der Waals surface area contributed by atoms with Crippen LogP contribution in [0.1, 0.15) is 21.5 Å². The maximum atomic E-state index is 13.7. The molecular formula is C31H22N6O3. The topological polar surface area (TPSA) is 108 Å². The number of fused-ring (bicyclic) bond motifs is 3. The molecule has 0 unspecified atom stereocenters. The Morgan fingerprint density at radius 2 is 1.77 bits per heavy atom. The van der Waals surface area contributed by atoms with Crippen molar-refractivity contribution in [1.29, 1.82) is 0 Å². The number of hydrogen-bond acceptors (Lipinski definition) is 7. The van der Waals surface area contributed by atoms with Crippen molar-refractivity contribution in [3.63, 3.8) is 0 Å². The zero-order valence-corrected chi connectivity index (χ0v) is 21.2. The minimum absolute atomic E-state index is 0.299. The summed E-state index contributed by atoms with van der Waals surface area (Å²) in [6.07, 6.45) is 9.97. The minimum Gasteiger partial charge on any atom is -0.463 e. The number of ether oxygens (including phenoxy) is 1. The molecule has 6 aromatic rings. The van der Waals surface area contributed by atoms with Crippen LogP contribution in [0.2, 0.25) is 0 Å². The van der Waals surface area contributed by atoms with E-state index in [0.717, 1.165) is 29.7 Å². The molecule has 0 saturated carbocycles. The smallest absolute Gasteiger partial charge is 0.259 e. The molecule has 0 fully saturated rings. The Morgan fingerprint density at radius 1 is 0.900 bits per heavy atom. The molecule has 0 radical (unpaired) electrons. The van der Waals surface area contributed by atoms with Crippen LogP contribution in [0.15, 0.2) is 108 Å². The molecule has 1 aliphatic carbocycles. The van der Waals surface area contributed by atoms with E-state index in [0.29, 0.717) is 40.2 Å². The fourth-order valence-electron chi connectivity index (χ4n) is 4.85. The molecule has 1 N–H and O–H groups in total. The number of carbonyl (C=O) groups is 1. The molecule has 0 atom stereocenters. The van der Waals surface area contributed by atoms with Crippen molar-refractivity contribution in [2.24, 2.45) is 0 Å². The number of aryl methyl sites for hydroxylation is 2. The first-order valence-corrected chi connectivity index (χ1v) is 12.8. The summed E-state index contributed by atoms with van der Waals surface area (Å²) in [4.78, 5) is 27.3. The number of anilines is 1. The number of aromatic nitrogens is 5. The fourth-order valence-corrected chi connectivity index (χ4v) is 4.85. The van der Waals surface area contributed by atoms with Crippen molar-refractivity contribution in [1.82, 2.24) is 24.7 Å². The van der Waals surface area contributed by atoms with Gasteiger partial charge in [-0.15, -0.1) is 0 Å². The van der Waals surface area contributed by atoms with Gasteiger partial charge in [0.25, 0.3) is 11.9 Å². The lowest BCUT2D eigenvalue weighted by molar-refractivity contribution is 0.102. The minimum atomic E-state index is -0.386. The van der Waals surface area contributed by atoms with Gasteiger partial charge in [0, 0.05) is 18.0 Å². The second-order valence-corrected chi connectivity index (χ2v) is 9.24. The van der Waals surface area contributed by atoms with Crippen LogP contribution in [-0.2, 0) is 12.8 Å². The zero-order chi connectivity index (χ0) is 26.9. The number of pyridine rings is 1. The Labute approximate surface area is 229 Å². The van der Waals surface area contributed by atoms with E-state index in [1.54, 1.807) is 59.7 Å². The first-order chi connectivity index (χ1) is 19.7. The highest BCUT2D eigenvalue weighted by molar-refractivity contribution is 6.08. The lowest BCUT2D eigenvalue weighted by Crippen LogP contribution is -2.14. The normalized spacial score (nSPS) is 11.9. The summed E-state index contributed by atoms with van der Waals surface area (Å²) in [7, 11) is 0. The van der Waals surface area contributed by atoms with Crippen molar-refractivity contribution in [3.05, 3.63) is 121 Å². The molecule has 1 aliphatic rings. The number of amides is 1. The van der Waals surface area contributed by atoms with Crippen LogP contribution in [0.3, 0.4) is 0 Å². The SMILES string of the molecule is O=C(Nc1ccccc1Oc1cccnc1)c1cnn(-c2ncc3c(n2)-c2ccccc2CC3)c1-c1ccco1. The molecule has 0 bridgehead atoms. The fraction of sp³-hybridized carbons (Fsp3) is 0.0645. The van der Waals surface area contributed by atoms with Crippen LogP contribution < -0.4 is 10.1 Å². The van der Waals surface area contributed by atoms with E-state index < -0.39 is 0 Å². The van der Waals surface area contributed by atoms with Crippen molar-refractivity contribution in [2.45, 2.75) is 12.8 Å². The lowest BCUT2D eigenvalue weighted by atomic mass is 9.90. The predicted molar refractivity (Wildman–Crippen MR) is 148 cm³/mol. The zero-order valence-electron chi connectivity index (χ0n) is 21.2. The van der Waals surface area contributed by atoms with Gasteiger partial charge in [0.1, 0.15) is 11.4 Å². The standard InChI is InChI=1S/C31H22N6O3/c38-30(35-25-10-3-4-11-26(25)40-22-8-5-15-32-18-22)24-19-34-37(29(24)27-12-6-16-39-27)31-33-17-21-14-13-20-7-1-2-9-23(20)28(21)36-31/h1-12,15-19H,13-14H2,(H,35,38). The van der Waals surface area contributed by atoms with E-state index in [1.165, 1.54) is 11.8 Å². The second kappa shape index (κ2) is 9.95. The molecule has 9 nitrogen and oxygen atoms in total. The second-order valence-electron chi connectivity index (χ2n) is 9.24. The van der Waals surface area contributed by atoms with E-state index in [4.69, 9.17) is 14.1 Å². The first-order valence-electron chi connectivity index (χ1n) is 12.8. The first kappa shape index (κ1) is 23.5. The Balaban J connectivity index is 1.26. The van der Waals surface area contributed by atoms with E-state index in [1.807, 2.05) is 30.5 Å². The van der Waals surface area contributed by atoms with E-state index in [9.17, 15) is 4.79 Å². The van der Waals surface area contributed by atoms with Gasteiger partial charge in [-0.05, 0) is 60.4 Å². The summed E-state index contributed by atoms with van der Waals surface area (Å²) in [6, 6.07) is 22.6. The summed E-state index contributed by atoms with van der Waals surface area (Å²) < 4.78 is 13.2. The molecule has 0 aliphatic heterocycles. The largest absolute Gasteiger partial charge is 0.463 e. The third kappa shape index (κ3) is 4.29. The Kier molecular flexibility index (Phi) is 5.86. The van der Waals surface area contributed by atoms with Crippen molar-refractivity contribution in [2.75, 3.05) is 5.32 Å². The Bertz CT molecular complexity index is 1830. The highest BCUT2D eigenvalue weighted by Crippen LogP contribution is 2.34. The van der Waals surface area contributed by atoms with Gasteiger partial charge < -0.3 is 14.5 Å². The van der Waals surface area contributed by atoms with Gasteiger partial charge in [0.2, 0.25) is 0 Å². The number of rotatable bonds is 6. The van der Waals surface area contributed by atoms with Gasteiger partial charge in [-0.1, -0.05) is 36.4 Å². The van der Waals surface area contributed by atoms with Crippen LogP contribution in [0.4, 0.5) is 5.69 Å². The van der Waals surface area contributed by atoms with Gasteiger partial charge in [-0.3, -0.25) is 9.78 Å². The van der Waals surface area contributed by atoms with Crippen molar-refractivity contribution < 1.29 is 13.9 Å². The van der Waals surface area contributed by atoms with Crippen LogP contribution in [0.25, 0.3) is 28.7 Å². The monoisotopic (exact) mass is 526 g/mol. The van der Waals surface area contributed by atoms with Gasteiger partial charge in [-0.2, -0.15) is 9.78 Å². The van der Waals surface area contributed by atoms with Crippen molar-refractivity contribution >= 4 is 11.6 Å². The van der Waals surface area contributed by atoms with Crippen LogP contribution in [0, 0.1) is 0 Å². The summed E-state index contributed by atoms with van der Waals surface area (Å²) in [6.45, 7) is 0. The quantitative estimate of drug-likeness (QED) is 0.278. The molecule has 1 amide bonds. The predicted octanol–water partition coefficient (Wildman–Crippen LogP) is 6.13. The molecule has 40 heavy (non-hydrogen) atoms. The molecule has 7 rings (SSSR count). The lowest BCUT2D eigenvalue weighted by Gasteiger charge is -2.19. The number of hydrogen-bond donors (Lipinski definition) is 1. The number of carbonyl (C=O) groups excluding carboxylic acids is 1. The highest BCUT2D eigenvalue weighted by atomic mass is 16.5. The van der Waals surface area contributed by atoms with Crippen LogP contribution >= 0.6 is 0 Å². The van der Waals surface area contributed by atoms with Crippen LogP contribution in [-0.4, -0.2) is 30.6 Å². The number of benzene rings is 2. The average Bonchev–Trinajstić information content (AvgIpc) is 3.69. The maximum absolute atomic E-state index is 13.7. The van der Waals surface area contributed by atoms with Crippen LogP contribution in [0.5, 0.6) is 11.5 Å². The summed E-state index contributed by atoms with van der Waals surface area (Å²) in [5.41, 5.74) is 5.53. The van der Waals surface area contributed by atoms with Gasteiger partial charge in [0.15, 0.2) is 11.5 Å². The third-order valence-corrected chi connectivity index (χ3v) is 6.74. The number of para-hydroxylation sites is 2. The molecule has 2 aromatic carbocycles. The van der Waals surface area contributed by atoms with Gasteiger partial charge in [-0.25, -0.2) is 9.97 Å². The molecule has 194 valence electrons. The molecule has 9 heteroatoms.